The zero-order valence-electron chi connectivity index (χ0n) is 10.8. The molecule has 0 aromatic carbocycles. The Morgan fingerprint density at radius 1 is 0.733 bits per heavy atom. The summed E-state index contributed by atoms with van der Waals surface area (Å²) in [5.41, 5.74) is 0. The second kappa shape index (κ2) is 15.9. The summed E-state index contributed by atoms with van der Waals surface area (Å²) < 4.78 is 0. The fourth-order valence-electron chi connectivity index (χ4n) is 1.66. The summed E-state index contributed by atoms with van der Waals surface area (Å²) in [5, 5.41) is 6.25. The molecule has 0 rings (SSSR count). The van der Waals surface area contributed by atoms with Gasteiger partial charge in [0.1, 0.15) is 0 Å². The molecule has 0 unspecified atom stereocenters. The Kier molecular flexibility index (Phi) is 17.9. The number of hydrogen-bond acceptors (Lipinski definition) is 1. The van der Waals surface area contributed by atoms with E-state index in [1.807, 2.05) is 4.90 Å². The number of hydrogen-bond donors (Lipinski definition) is 1. The summed E-state index contributed by atoms with van der Waals surface area (Å²) in [5.74, 6) is 0. The van der Waals surface area contributed by atoms with Crippen LogP contribution in [0, 0.1) is 11.8 Å². The van der Waals surface area contributed by atoms with E-state index in [4.69, 9.17) is 11.8 Å². The van der Waals surface area contributed by atoms with Gasteiger partial charge in [-0.3, -0.25) is 0 Å². The van der Waals surface area contributed by atoms with Gasteiger partial charge in [0.2, 0.25) is 0 Å². The lowest BCUT2D eigenvalue weighted by Gasteiger charge is -2.18. The maximum atomic E-state index is 6.25. The first-order valence-corrected chi connectivity index (χ1v) is 6.41. The smallest absolute Gasteiger partial charge is 0.0770 e. The molecular formula is C13H28N2. The molecule has 0 spiro atoms. The topological polar surface area (TPSA) is 28.2 Å². The first kappa shape index (κ1) is 16.9. The van der Waals surface area contributed by atoms with Crippen LogP contribution in [0.25, 0.3) is 0 Å². The molecule has 2 nitrogen and oxygen atoms in total. The summed E-state index contributed by atoms with van der Waals surface area (Å²) in [6.45, 7) is 15.8. The average molecular weight is 212 g/mol. The standard InChI is InChI=1S/C12H27N.CN/c1-4-7-10-13(11-8-5-2)12-9-6-3;1-2/h4-12H2,1-3H3;/q;-1/p+1. The van der Waals surface area contributed by atoms with Gasteiger partial charge in [-0.15, -0.1) is 0 Å². The predicted octanol–water partition coefficient (Wildman–Crippen LogP) is 2.37. The van der Waals surface area contributed by atoms with E-state index < -0.39 is 0 Å². The van der Waals surface area contributed by atoms with E-state index in [-0.39, 0.29) is 0 Å². The number of quaternary nitrogens is 1. The molecule has 0 atom stereocenters. The van der Waals surface area contributed by atoms with E-state index in [1.165, 1.54) is 58.2 Å². The van der Waals surface area contributed by atoms with Gasteiger partial charge in [-0.1, -0.05) is 40.0 Å². The maximum Gasteiger partial charge on any atom is 0.0770 e. The largest absolute Gasteiger partial charge is 0.512 e. The van der Waals surface area contributed by atoms with Crippen LogP contribution in [0.15, 0.2) is 0 Å². The molecule has 0 fully saturated rings. The lowest BCUT2D eigenvalue weighted by molar-refractivity contribution is -0.900. The van der Waals surface area contributed by atoms with Crippen molar-refractivity contribution >= 4 is 0 Å². The van der Waals surface area contributed by atoms with Crippen molar-refractivity contribution < 1.29 is 4.90 Å². The molecule has 0 aromatic heterocycles. The van der Waals surface area contributed by atoms with Crippen LogP contribution in [0.4, 0.5) is 0 Å². The summed E-state index contributed by atoms with van der Waals surface area (Å²) in [7, 11) is 0. The van der Waals surface area contributed by atoms with Crippen molar-refractivity contribution in [1.82, 2.24) is 0 Å². The fourth-order valence-corrected chi connectivity index (χ4v) is 1.66. The Balaban J connectivity index is 0. The van der Waals surface area contributed by atoms with E-state index in [0.717, 1.165) is 0 Å². The van der Waals surface area contributed by atoms with Gasteiger partial charge in [-0.05, 0) is 19.3 Å². The first-order valence-electron chi connectivity index (χ1n) is 6.41. The van der Waals surface area contributed by atoms with E-state index in [9.17, 15) is 0 Å². The van der Waals surface area contributed by atoms with Crippen molar-refractivity contribution in [1.29, 1.82) is 5.26 Å². The second-order valence-corrected chi connectivity index (χ2v) is 4.06. The number of rotatable bonds is 9. The first-order chi connectivity index (χ1) is 7.35. The molecule has 0 radical (unpaired) electrons. The van der Waals surface area contributed by atoms with Gasteiger partial charge in [-0.25, -0.2) is 0 Å². The molecule has 90 valence electrons. The Labute approximate surface area is 96.3 Å². The molecule has 0 saturated heterocycles. The van der Waals surface area contributed by atoms with Crippen LogP contribution in [0.2, 0.25) is 0 Å². The molecule has 0 aliphatic carbocycles. The Morgan fingerprint density at radius 3 is 1.20 bits per heavy atom. The molecule has 0 saturated carbocycles. The third-order valence-electron chi connectivity index (χ3n) is 2.65. The molecule has 0 aromatic rings. The highest BCUT2D eigenvalue weighted by molar-refractivity contribution is 4.37. The van der Waals surface area contributed by atoms with Gasteiger partial charge < -0.3 is 16.7 Å². The molecule has 0 heterocycles. The third kappa shape index (κ3) is 13.4. The van der Waals surface area contributed by atoms with Crippen molar-refractivity contribution in [2.24, 2.45) is 0 Å². The van der Waals surface area contributed by atoms with E-state index in [1.54, 1.807) is 0 Å². The van der Waals surface area contributed by atoms with Crippen molar-refractivity contribution in [3.8, 4) is 0 Å². The van der Waals surface area contributed by atoms with Gasteiger partial charge in [0.25, 0.3) is 0 Å². The van der Waals surface area contributed by atoms with Gasteiger partial charge in [0.05, 0.1) is 19.6 Å². The summed E-state index contributed by atoms with van der Waals surface area (Å²) in [4.78, 5) is 1.84. The third-order valence-corrected chi connectivity index (χ3v) is 2.65. The van der Waals surface area contributed by atoms with E-state index >= 15 is 0 Å². The SMILES string of the molecule is CCCC[NH+](CCCC)CCCC.[C-]#N. The molecule has 0 aliphatic rings. The van der Waals surface area contributed by atoms with Crippen LogP contribution in [-0.4, -0.2) is 19.6 Å². The average Bonchev–Trinajstić information content (AvgIpc) is 2.31. The maximum absolute atomic E-state index is 6.25. The highest BCUT2D eigenvalue weighted by Gasteiger charge is 2.05. The summed E-state index contributed by atoms with van der Waals surface area (Å²) in [6, 6.07) is 0. The van der Waals surface area contributed by atoms with Crippen LogP contribution in [0.5, 0.6) is 0 Å². The predicted molar refractivity (Wildman–Crippen MR) is 65.3 cm³/mol. The molecule has 0 aliphatic heterocycles. The lowest BCUT2D eigenvalue weighted by Crippen LogP contribution is -3.12. The Bertz CT molecular complexity index is 102. The highest BCUT2D eigenvalue weighted by Crippen LogP contribution is 1.85. The minimum atomic E-state index is 1.35. The normalized spacial score (nSPS) is 9.73. The number of nitrogens with one attached hydrogen (secondary N) is 1. The number of unbranched alkanes of at least 4 members (excludes halogenated alkanes) is 3. The molecule has 15 heavy (non-hydrogen) atoms. The minimum absolute atomic E-state index is 1.35. The zero-order valence-corrected chi connectivity index (χ0v) is 10.8. The highest BCUT2D eigenvalue weighted by atomic mass is 15.1. The van der Waals surface area contributed by atoms with Crippen molar-refractivity contribution in [2.75, 3.05) is 19.6 Å². The lowest BCUT2D eigenvalue weighted by atomic mass is 10.2. The molecule has 2 heteroatoms. The van der Waals surface area contributed by atoms with Gasteiger partial charge in [0.15, 0.2) is 0 Å². The molecule has 0 bridgehead atoms. The molecule has 0 amide bonds. The Hall–Kier alpha value is -0.550. The second-order valence-electron chi connectivity index (χ2n) is 4.06. The monoisotopic (exact) mass is 212 g/mol. The van der Waals surface area contributed by atoms with Crippen molar-refractivity contribution in [3.05, 3.63) is 6.57 Å². The summed E-state index contributed by atoms with van der Waals surface area (Å²) in [6.07, 6.45) is 8.26. The van der Waals surface area contributed by atoms with Crippen LogP contribution >= 0.6 is 0 Å². The summed E-state index contributed by atoms with van der Waals surface area (Å²) >= 11 is 0. The Morgan fingerprint density at radius 2 is 1.00 bits per heavy atom. The van der Waals surface area contributed by atoms with E-state index in [2.05, 4.69) is 20.8 Å². The van der Waals surface area contributed by atoms with Gasteiger partial charge in [-0.2, -0.15) is 0 Å². The molecule has 1 N–H and O–H groups in total. The van der Waals surface area contributed by atoms with Gasteiger partial charge >= 0.3 is 0 Å². The quantitative estimate of drug-likeness (QED) is 0.584. The van der Waals surface area contributed by atoms with Crippen LogP contribution in [0.1, 0.15) is 59.3 Å². The molecular weight excluding hydrogens is 184 g/mol. The van der Waals surface area contributed by atoms with Crippen molar-refractivity contribution in [2.45, 2.75) is 59.3 Å². The van der Waals surface area contributed by atoms with Crippen LogP contribution in [0.3, 0.4) is 0 Å². The van der Waals surface area contributed by atoms with Crippen molar-refractivity contribution in [3.63, 3.8) is 0 Å². The minimum Gasteiger partial charge on any atom is -0.512 e. The van der Waals surface area contributed by atoms with Gasteiger partial charge in [0, 0.05) is 0 Å². The number of nitrogens with zero attached hydrogens (tertiary/aromatic N) is 1. The fraction of sp³-hybridized carbons (Fsp3) is 0.923. The zero-order chi connectivity index (χ0) is 11.9. The van der Waals surface area contributed by atoms with E-state index in [0.29, 0.717) is 0 Å². The van der Waals surface area contributed by atoms with Crippen LogP contribution in [-0.2, 0) is 0 Å². The van der Waals surface area contributed by atoms with Crippen LogP contribution < -0.4 is 4.90 Å².